The van der Waals surface area contributed by atoms with E-state index in [-0.39, 0.29) is 38.6 Å². The first-order valence-corrected chi connectivity index (χ1v) is 21.4. The van der Waals surface area contributed by atoms with Crippen molar-refractivity contribution in [3.05, 3.63) is 71.8 Å². The van der Waals surface area contributed by atoms with E-state index in [2.05, 4.69) is 26.6 Å². The third-order valence-electron chi connectivity index (χ3n) is 11.2. The smallest absolute Gasteiger partial charge is 0.326 e. The number of benzene rings is 2. The van der Waals surface area contributed by atoms with Crippen LogP contribution < -0.4 is 38.1 Å². The molecule has 1 heterocycles. The fourth-order valence-corrected chi connectivity index (χ4v) is 7.24. The average molecular weight is 864 g/mol. The summed E-state index contributed by atoms with van der Waals surface area (Å²) >= 11 is 0. The topological polar surface area (TPSA) is 275 Å². The SMILES string of the molecule is CCC(C)C1NC(=O)C(NC(=O)NC(CCCCN)C(=O)O)CCCCNC(=O)C(Cc2ccccc2)NC(=O)C(CC(N)=O)N(C)C(=O)C(CCc2ccccc2)N(C)C1=O. The van der Waals surface area contributed by atoms with Gasteiger partial charge in [0.25, 0.3) is 0 Å². The number of carbonyl (C=O) groups is 8. The van der Waals surface area contributed by atoms with Gasteiger partial charge in [-0.3, -0.25) is 28.8 Å². The molecule has 3 rings (SSSR count). The minimum atomic E-state index is -1.46. The van der Waals surface area contributed by atoms with E-state index in [4.69, 9.17) is 11.5 Å². The molecular formula is C44H65N9O9. The zero-order valence-electron chi connectivity index (χ0n) is 36.3. The van der Waals surface area contributed by atoms with Crippen LogP contribution >= 0.6 is 0 Å². The fourth-order valence-electron chi connectivity index (χ4n) is 7.24. The second-order valence-electron chi connectivity index (χ2n) is 15.9. The van der Waals surface area contributed by atoms with Crippen LogP contribution in [0.5, 0.6) is 0 Å². The number of hydrogen-bond donors (Lipinski definition) is 8. The second kappa shape index (κ2) is 25.7. The summed E-state index contributed by atoms with van der Waals surface area (Å²) in [6, 6.07) is 9.80. The molecule has 1 saturated heterocycles. The summed E-state index contributed by atoms with van der Waals surface area (Å²) in [4.78, 5) is 111. The van der Waals surface area contributed by atoms with Crippen LogP contribution in [0.15, 0.2) is 60.7 Å². The molecular weight excluding hydrogens is 799 g/mol. The number of nitrogens with one attached hydrogen (secondary N) is 5. The molecule has 340 valence electrons. The van der Waals surface area contributed by atoms with Crippen molar-refractivity contribution in [2.45, 2.75) is 121 Å². The van der Waals surface area contributed by atoms with Gasteiger partial charge in [0, 0.05) is 27.1 Å². The van der Waals surface area contributed by atoms with Crippen molar-refractivity contribution in [1.29, 1.82) is 0 Å². The van der Waals surface area contributed by atoms with Gasteiger partial charge in [-0.15, -0.1) is 0 Å². The standard InChI is InChI=1S/C44H65N9O9/c1-5-28(2)37-42(59)52(3)34(23-22-29-16-8-6-9-17-29)41(58)53(4)35(27-36(46)54)40(57)48-33(26-30-18-10-7-11-19-30)38(55)47-25-15-13-20-31(39(56)51-37)49-44(62)50-32(43(60)61)21-12-14-24-45/h6-11,16-19,28,31-35,37H,5,12-15,20-27,45H2,1-4H3,(H2,46,54)(H,47,55)(H,48,57)(H,51,56)(H,60,61)(H2,49,50,62). The van der Waals surface area contributed by atoms with Crippen LogP contribution in [0.2, 0.25) is 0 Å². The lowest BCUT2D eigenvalue weighted by Gasteiger charge is -2.37. The molecule has 7 unspecified atom stereocenters. The first kappa shape index (κ1) is 50.3. The van der Waals surface area contributed by atoms with Crippen molar-refractivity contribution in [3.63, 3.8) is 0 Å². The largest absolute Gasteiger partial charge is 0.480 e. The maximum absolute atomic E-state index is 14.7. The van der Waals surface area contributed by atoms with Crippen LogP contribution in [0.1, 0.15) is 82.8 Å². The molecule has 0 aliphatic carbocycles. The molecule has 1 aliphatic rings. The summed E-state index contributed by atoms with van der Waals surface area (Å²) in [5.74, 6) is -5.97. The Balaban J connectivity index is 2.09. The van der Waals surface area contributed by atoms with Crippen molar-refractivity contribution in [2.24, 2.45) is 17.4 Å². The Kier molecular flexibility index (Phi) is 20.8. The molecule has 18 heteroatoms. The molecule has 62 heavy (non-hydrogen) atoms. The molecule has 18 nitrogen and oxygen atoms in total. The number of aliphatic carboxylic acids is 1. The Morgan fingerprint density at radius 1 is 0.839 bits per heavy atom. The summed E-state index contributed by atoms with van der Waals surface area (Å²) in [6.07, 6.45) is 2.10. The molecule has 0 radical (unpaired) electrons. The minimum absolute atomic E-state index is 0.0409. The van der Waals surface area contributed by atoms with Gasteiger partial charge in [0.05, 0.1) is 6.42 Å². The molecule has 0 bridgehead atoms. The van der Waals surface area contributed by atoms with Gasteiger partial charge in [0.1, 0.15) is 36.3 Å². The highest BCUT2D eigenvalue weighted by atomic mass is 16.4. The summed E-state index contributed by atoms with van der Waals surface area (Å²) < 4.78 is 0. The van der Waals surface area contributed by atoms with Gasteiger partial charge in [-0.1, -0.05) is 80.9 Å². The first-order valence-electron chi connectivity index (χ1n) is 21.4. The number of urea groups is 1. The van der Waals surface area contributed by atoms with Crippen LogP contribution in [0.3, 0.4) is 0 Å². The lowest BCUT2D eigenvalue weighted by atomic mass is 9.95. The Morgan fingerprint density at radius 3 is 2.06 bits per heavy atom. The number of carboxylic acid groups (broad SMARTS) is 1. The van der Waals surface area contributed by atoms with Crippen LogP contribution in [0.25, 0.3) is 0 Å². The third-order valence-corrected chi connectivity index (χ3v) is 11.2. The number of amides is 8. The number of nitrogens with two attached hydrogens (primary N) is 2. The number of rotatable bonds is 16. The number of unbranched alkanes of at least 4 members (excludes halogenated alkanes) is 1. The number of aryl methyl sites for hydroxylation is 1. The van der Waals surface area contributed by atoms with Gasteiger partial charge in [0.15, 0.2) is 0 Å². The monoisotopic (exact) mass is 863 g/mol. The summed E-state index contributed by atoms with van der Waals surface area (Å²) in [5, 5.41) is 23.2. The predicted molar refractivity (Wildman–Crippen MR) is 232 cm³/mol. The molecule has 0 spiro atoms. The van der Waals surface area contributed by atoms with Crippen molar-refractivity contribution >= 4 is 47.4 Å². The molecule has 0 aromatic heterocycles. The summed E-state index contributed by atoms with van der Waals surface area (Å²) in [7, 11) is 2.76. The number of hydrogen-bond acceptors (Lipinski definition) is 9. The lowest BCUT2D eigenvalue weighted by Crippen LogP contribution is -2.61. The average Bonchev–Trinajstić information content (AvgIpc) is 3.25. The number of nitrogens with zero attached hydrogens (tertiary/aromatic N) is 2. The van der Waals surface area contributed by atoms with Gasteiger partial charge in [0.2, 0.25) is 35.4 Å². The van der Waals surface area contributed by atoms with E-state index >= 15 is 0 Å². The fraction of sp³-hybridized carbons (Fsp3) is 0.545. The molecule has 0 saturated carbocycles. The zero-order valence-corrected chi connectivity index (χ0v) is 36.3. The molecule has 1 fully saturated rings. The van der Waals surface area contributed by atoms with Gasteiger partial charge in [-0.25, -0.2) is 9.59 Å². The zero-order chi connectivity index (χ0) is 45.8. The van der Waals surface area contributed by atoms with Crippen molar-refractivity contribution < 1.29 is 43.5 Å². The van der Waals surface area contributed by atoms with E-state index < -0.39 is 96.0 Å². The van der Waals surface area contributed by atoms with Crippen molar-refractivity contribution in [3.8, 4) is 0 Å². The third kappa shape index (κ3) is 15.8. The van der Waals surface area contributed by atoms with Gasteiger partial charge in [-0.05, 0) is 75.0 Å². The maximum atomic E-state index is 14.7. The number of carbonyl (C=O) groups excluding carboxylic acids is 7. The number of primary amides is 1. The van der Waals surface area contributed by atoms with E-state index in [1.807, 2.05) is 37.3 Å². The molecule has 8 amide bonds. The summed E-state index contributed by atoms with van der Waals surface area (Å²) in [6.45, 7) is 4.04. The Morgan fingerprint density at radius 2 is 1.47 bits per heavy atom. The quantitative estimate of drug-likeness (QED) is 0.111. The molecule has 1 aliphatic heterocycles. The minimum Gasteiger partial charge on any atom is -0.480 e. The molecule has 2 aromatic carbocycles. The van der Waals surface area contributed by atoms with Crippen molar-refractivity contribution in [1.82, 2.24) is 36.4 Å². The van der Waals surface area contributed by atoms with Gasteiger partial charge in [-0.2, -0.15) is 0 Å². The first-order chi connectivity index (χ1) is 29.6. The second-order valence-corrected chi connectivity index (χ2v) is 15.9. The molecule has 2 aromatic rings. The highest BCUT2D eigenvalue weighted by Gasteiger charge is 2.40. The lowest BCUT2D eigenvalue weighted by molar-refractivity contribution is -0.150. The van der Waals surface area contributed by atoms with E-state index in [0.29, 0.717) is 38.6 Å². The van der Waals surface area contributed by atoms with Gasteiger partial charge < -0.3 is 53.0 Å². The summed E-state index contributed by atoms with van der Waals surface area (Å²) in [5.41, 5.74) is 12.8. The van der Waals surface area contributed by atoms with Crippen molar-refractivity contribution in [2.75, 3.05) is 27.2 Å². The van der Waals surface area contributed by atoms with Crippen LogP contribution in [-0.2, 0) is 46.4 Å². The number of likely N-dealkylation sites (N-methyl/N-ethyl adjacent to an activating group) is 2. The van der Waals surface area contributed by atoms with Crippen LogP contribution in [0.4, 0.5) is 4.79 Å². The van der Waals surface area contributed by atoms with Gasteiger partial charge >= 0.3 is 12.0 Å². The number of carboxylic acids is 1. The van der Waals surface area contributed by atoms with E-state index in [0.717, 1.165) is 16.0 Å². The Labute approximate surface area is 363 Å². The Bertz CT molecular complexity index is 1820. The predicted octanol–water partition coefficient (Wildman–Crippen LogP) is 0.957. The van der Waals surface area contributed by atoms with Crippen LogP contribution in [0, 0.1) is 5.92 Å². The molecule has 10 N–H and O–H groups in total. The maximum Gasteiger partial charge on any atom is 0.326 e. The molecule has 7 atom stereocenters. The van der Waals surface area contributed by atoms with Crippen LogP contribution in [-0.4, -0.2) is 126 Å². The normalized spacial score (nSPS) is 22.1. The van der Waals surface area contributed by atoms with E-state index in [1.54, 1.807) is 37.3 Å². The van der Waals surface area contributed by atoms with E-state index in [1.165, 1.54) is 19.0 Å². The van der Waals surface area contributed by atoms with E-state index in [9.17, 15) is 43.5 Å². The Hall–Kier alpha value is -6.04. The highest BCUT2D eigenvalue weighted by molar-refractivity contribution is 5.98. The highest BCUT2D eigenvalue weighted by Crippen LogP contribution is 2.19.